The molecule has 22 heavy (non-hydrogen) atoms. The van der Waals surface area contributed by atoms with Crippen LogP contribution in [0.5, 0.6) is 0 Å². The van der Waals surface area contributed by atoms with Crippen molar-refractivity contribution >= 4 is 11.8 Å². The number of anilines is 1. The Morgan fingerprint density at radius 1 is 1.14 bits per heavy atom. The molecule has 5 heteroatoms. The molecule has 0 aliphatic heterocycles. The average molecular weight is 291 g/mol. The van der Waals surface area contributed by atoms with Crippen molar-refractivity contribution < 1.29 is 0 Å². The van der Waals surface area contributed by atoms with Gasteiger partial charge in [-0.1, -0.05) is 42.0 Å². The van der Waals surface area contributed by atoms with Gasteiger partial charge in [-0.05, 0) is 18.6 Å². The second-order valence-corrected chi connectivity index (χ2v) is 4.98. The van der Waals surface area contributed by atoms with Crippen molar-refractivity contribution in [3.05, 3.63) is 72.3 Å². The van der Waals surface area contributed by atoms with E-state index in [4.69, 9.17) is 0 Å². The summed E-state index contributed by atoms with van der Waals surface area (Å²) < 4.78 is 1.65. The molecule has 0 aliphatic carbocycles. The molecule has 0 saturated heterocycles. The van der Waals surface area contributed by atoms with Gasteiger partial charge >= 0.3 is 0 Å². The monoisotopic (exact) mass is 291 g/mol. The maximum atomic E-state index is 4.26. The van der Waals surface area contributed by atoms with Crippen LogP contribution in [0.25, 0.3) is 12.0 Å². The lowest BCUT2D eigenvalue weighted by molar-refractivity contribution is 0.808. The zero-order valence-electron chi connectivity index (χ0n) is 12.3. The number of aromatic nitrogens is 4. The van der Waals surface area contributed by atoms with Crippen molar-refractivity contribution in [2.45, 2.75) is 6.92 Å². The third-order valence-corrected chi connectivity index (χ3v) is 3.12. The third kappa shape index (κ3) is 3.58. The van der Waals surface area contributed by atoms with Crippen molar-refractivity contribution in [1.29, 1.82) is 0 Å². The van der Waals surface area contributed by atoms with Crippen LogP contribution >= 0.6 is 0 Å². The largest absolute Gasteiger partial charge is 0.379 e. The summed E-state index contributed by atoms with van der Waals surface area (Å²) in [6.07, 6.45) is 9.21. The first-order chi connectivity index (χ1) is 10.8. The fourth-order valence-corrected chi connectivity index (χ4v) is 2.06. The number of rotatable bonds is 5. The molecule has 3 aromatic rings. The molecule has 0 aliphatic rings. The molecule has 2 heterocycles. The summed E-state index contributed by atoms with van der Waals surface area (Å²) in [5.41, 5.74) is 3.39. The van der Waals surface area contributed by atoms with Crippen LogP contribution in [0.15, 0.2) is 66.8 Å². The zero-order valence-corrected chi connectivity index (χ0v) is 12.3. The number of hydrogen-bond donors (Lipinski definition) is 1. The van der Waals surface area contributed by atoms with Crippen LogP contribution in [0.3, 0.4) is 0 Å². The van der Waals surface area contributed by atoms with E-state index < -0.39 is 0 Å². The molecule has 0 saturated carbocycles. The third-order valence-electron chi connectivity index (χ3n) is 3.12. The predicted molar refractivity (Wildman–Crippen MR) is 87.7 cm³/mol. The lowest BCUT2D eigenvalue weighted by atomic mass is 10.1. The van der Waals surface area contributed by atoms with Crippen LogP contribution in [0.1, 0.15) is 12.5 Å². The number of benzene rings is 1. The highest BCUT2D eigenvalue weighted by atomic mass is 15.3. The molecule has 110 valence electrons. The van der Waals surface area contributed by atoms with Crippen LogP contribution in [0.2, 0.25) is 0 Å². The summed E-state index contributed by atoms with van der Waals surface area (Å²) in [4.78, 5) is 8.33. The van der Waals surface area contributed by atoms with E-state index in [0.717, 1.165) is 12.2 Å². The topological polar surface area (TPSA) is 55.6 Å². The van der Waals surface area contributed by atoms with Gasteiger partial charge in [-0.15, -0.1) is 0 Å². The molecule has 0 unspecified atom stereocenters. The second kappa shape index (κ2) is 6.67. The van der Waals surface area contributed by atoms with E-state index in [2.05, 4.69) is 45.5 Å². The smallest absolute Gasteiger partial charge is 0.250 e. The van der Waals surface area contributed by atoms with E-state index in [9.17, 15) is 0 Å². The lowest BCUT2D eigenvalue weighted by Crippen LogP contribution is -2.02. The molecular weight excluding hydrogens is 274 g/mol. The van der Waals surface area contributed by atoms with Gasteiger partial charge in [-0.2, -0.15) is 5.10 Å². The Bertz CT molecular complexity index is 747. The first kappa shape index (κ1) is 14.0. The summed E-state index contributed by atoms with van der Waals surface area (Å²) in [6.45, 7) is 2.86. The van der Waals surface area contributed by atoms with Gasteiger partial charge in [-0.3, -0.25) is 0 Å². The van der Waals surface area contributed by atoms with Crippen LogP contribution in [0.4, 0.5) is 5.69 Å². The molecular formula is C17H17N5. The Labute approximate surface area is 129 Å². The minimum atomic E-state index is 0.562. The van der Waals surface area contributed by atoms with Crippen molar-refractivity contribution in [1.82, 2.24) is 19.7 Å². The Morgan fingerprint density at radius 2 is 1.91 bits per heavy atom. The van der Waals surface area contributed by atoms with Gasteiger partial charge in [0.25, 0.3) is 0 Å². The van der Waals surface area contributed by atoms with Gasteiger partial charge in [0.05, 0.1) is 18.1 Å². The summed E-state index contributed by atoms with van der Waals surface area (Å²) in [5, 5.41) is 7.61. The Morgan fingerprint density at radius 3 is 2.68 bits per heavy atom. The van der Waals surface area contributed by atoms with E-state index in [1.165, 1.54) is 11.1 Å². The Balaban J connectivity index is 1.63. The SMILES string of the molecule is C/C(=C/c1ccccc1)CNc1cnn(-c2ncccn2)c1. The van der Waals surface area contributed by atoms with Crippen molar-refractivity contribution in [2.75, 3.05) is 11.9 Å². The highest BCUT2D eigenvalue weighted by Crippen LogP contribution is 2.10. The van der Waals surface area contributed by atoms with Crippen LogP contribution in [-0.2, 0) is 0 Å². The molecule has 0 atom stereocenters. The molecule has 1 aromatic carbocycles. The molecule has 0 amide bonds. The van der Waals surface area contributed by atoms with Gasteiger partial charge in [0.2, 0.25) is 5.95 Å². The maximum absolute atomic E-state index is 4.26. The molecule has 5 nitrogen and oxygen atoms in total. The second-order valence-electron chi connectivity index (χ2n) is 4.98. The van der Waals surface area contributed by atoms with E-state index in [1.807, 2.05) is 24.4 Å². The summed E-state index contributed by atoms with van der Waals surface area (Å²) in [6, 6.07) is 12.1. The fourth-order valence-electron chi connectivity index (χ4n) is 2.06. The number of nitrogens with zero attached hydrogens (tertiary/aromatic N) is 4. The summed E-state index contributed by atoms with van der Waals surface area (Å²) >= 11 is 0. The van der Waals surface area contributed by atoms with Gasteiger partial charge in [-0.25, -0.2) is 14.6 Å². The van der Waals surface area contributed by atoms with Crippen molar-refractivity contribution in [3.8, 4) is 5.95 Å². The molecule has 0 fully saturated rings. The minimum absolute atomic E-state index is 0.562. The van der Waals surface area contributed by atoms with Crippen LogP contribution in [-0.4, -0.2) is 26.3 Å². The number of hydrogen-bond acceptors (Lipinski definition) is 4. The summed E-state index contributed by atoms with van der Waals surface area (Å²) in [7, 11) is 0. The molecule has 1 N–H and O–H groups in total. The predicted octanol–water partition coefficient (Wildman–Crippen LogP) is 3.18. The molecule has 3 rings (SSSR count). The minimum Gasteiger partial charge on any atom is -0.379 e. The summed E-state index contributed by atoms with van der Waals surface area (Å²) in [5.74, 6) is 0.562. The highest BCUT2D eigenvalue weighted by Gasteiger charge is 2.02. The van der Waals surface area contributed by atoms with Gasteiger partial charge in [0, 0.05) is 18.9 Å². The normalized spacial score (nSPS) is 11.4. The Kier molecular flexibility index (Phi) is 4.25. The van der Waals surface area contributed by atoms with E-state index >= 15 is 0 Å². The zero-order chi connectivity index (χ0) is 15.2. The van der Waals surface area contributed by atoms with Gasteiger partial charge < -0.3 is 5.32 Å². The van der Waals surface area contributed by atoms with Crippen LogP contribution in [0, 0.1) is 0 Å². The van der Waals surface area contributed by atoms with E-state index in [-0.39, 0.29) is 0 Å². The van der Waals surface area contributed by atoms with Crippen molar-refractivity contribution in [3.63, 3.8) is 0 Å². The van der Waals surface area contributed by atoms with Gasteiger partial charge in [0.1, 0.15) is 0 Å². The van der Waals surface area contributed by atoms with E-state index in [1.54, 1.807) is 29.3 Å². The quantitative estimate of drug-likeness (QED) is 0.784. The van der Waals surface area contributed by atoms with Crippen LogP contribution < -0.4 is 5.32 Å². The lowest BCUT2D eigenvalue weighted by Gasteiger charge is -2.04. The Hall–Kier alpha value is -2.95. The van der Waals surface area contributed by atoms with Crippen molar-refractivity contribution in [2.24, 2.45) is 0 Å². The fraction of sp³-hybridized carbons (Fsp3) is 0.118. The molecule has 0 spiro atoms. The first-order valence-corrected chi connectivity index (χ1v) is 7.09. The first-order valence-electron chi connectivity index (χ1n) is 7.09. The highest BCUT2D eigenvalue weighted by molar-refractivity contribution is 5.54. The average Bonchev–Trinajstić information content (AvgIpc) is 3.04. The maximum Gasteiger partial charge on any atom is 0.250 e. The number of nitrogens with one attached hydrogen (secondary N) is 1. The standard InChI is InChI=1S/C17H17N5/c1-14(10-15-6-3-2-4-7-15)11-20-16-12-21-22(13-16)17-18-8-5-9-19-17/h2-10,12-13,20H,11H2,1H3/b14-10-. The van der Waals surface area contributed by atoms with E-state index in [0.29, 0.717) is 5.95 Å². The van der Waals surface area contributed by atoms with Gasteiger partial charge in [0.15, 0.2) is 0 Å². The molecule has 0 bridgehead atoms. The molecule has 0 radical (unpaired) electrons. The molecule has 2 aromatic heterocycles.